The molecule has 3 aromatic rings. The topological polar surface area (TPSA) is 104 Å². The molecule has 9 heteroatoms. The molecule has 0 spiro atoms. The molecule has 0 radical (unpaired) electrons. The van der Waals surface area contributed by atoms with Gasteiger partial charge in [-0.15, -0.1) is 0 Å². The van der Waals surface area contributed by atoms with Crippen molar-refractivity contribution >= 4 is 32.5 Å². The van der Waals surface area contributed by atoms with Crippen molar-refractivity contribution in [1.29, 1.82) is 0 Å². The van der Waals surface area contributed by atoms with Crippen molar-refractivity contribution < 1.29 is 18.3 Å². The van der Waals surface area contributed by atoms with Crippen LogP contribution in [-0.2, 0) is 29.4 Å². The van der Waals surface area contributed by atoms with E-state index in [1.165, 1.54) is 10.7 Å². The van der Waals surface area contributed by atoms with Crippen LogP contribution in [0.15, 0.2) is 48.7 Å². The molecule has 0 bridgehead atoms. The number of carbonyl (C=O) groups excluding carboxylic acids is 1. The van der Waals surface area contributed by atoms with Crippen molar-refractivity contribution in [1.82, 2.24) is 15.2 Å². The van der Waals surface area contributed by atoms with Crippen LogP contribution in [-0.4, -0.2) is 61.5 Å². The molecule has 0 fully saturated rings. The van der Waals surface area contributed by atoms with Gasteiger partial charge in [0.2, 0.25) is 10.0 Å². The number of nitrogens with zero attached hydrogens (tertiary/aromatic N) is 2. The monoisotopic (exact) mass is 582 g/mol. The molecule has 1 amide bonds. The van der Waals surface area contributed by atoms with Gasteiger partial charge >= 0.3 is 0 Å². The van der Waals surface area contributed by atoms with Crippen LogP contribution in [0.25, 0.3) is 10.9 Å². The third-order valence-corrected chi connectivity index (χ3v) is 9.95. The van der Waals surface area contributed by atoms with E-state index >= 15 is 0 Å². The highest BCUT2D eigenvalue weighted by molar-refractivity contribution is 7.92. The van der Waals surface area contributed by atoms with Crippen LogP contribution in [0.2, 0.25) is 0 Å². The zero-order valence-corrected chi connectivity index (χ0v) is 25.9. The largest absolute Gasteiger partial charge is 0.390 e. The Hall–Kier alpha value is -2.88. The van der Waals surface area contributed by atoms with E-state index in [1.54, 1.807) is 13.1 Å². The molecule has 3 N–H and O–H groups in total. The van der Waals surface area contributed by atoms with Gasteiger partial charge in [0.1, 0.15) is 0 Å². The minimum Gasteiger partial charge on any atom is -0.390 e. The smallest absolute Gasteiger partial charge is 0.251 e. The molecule has 1 aliphatic rings. The molecule has 3 atom stereocenters. The lowest BCUT2D eigenvalue weighted by Gasteiger charge is -2.27. The fraction of sp³-hybridized carbons (Fsp3) is 0.531. The van der Waals surface area contributed by atoms with Gasteiger partial charge < -0.3 is 20.3 Å². The third kappa shape index (κ3) is 7.50. The Bertz CT molecular complexity index is 1430. The van der Waals surface area contributed by atoms with Gasteiger partial charge in [-0.2, -0.15) is 0 Å². The van der Waals surface area contributed by atoms with Gasteiger partial charge in [0, 0.05) is 43.3 Å². The van der Waals surface area contributed by atoms with Crippen LogP contribution in [0.5, 0.6) is 0 Å². The van der Waals surface area contributed by atoms with Crippen molar-refractivity contribution in [3.8, 4) is 0 Å². The summed E-state index contributed by atoms with van der Waals surface area (Å²) in [6, 6.07) is 13.0. The normalized spacial score (nSPS) is 16.9. The Balaban J connectivity index is 1.59. The SMILES string of the molecule is CCn1cc2c3c(cc(C(=O)N[C@@H](Cc4ccccc4)[C@H](O)CNC(C)CCCC(C)C)cc31)N(C)S(=O)(=O)CC2. The maximum absolute atomic E-state index is 13.8. The van der Waals surface area contributed by atoms with E-state index in [9.17, 15) is 18.3 Å². The molecule has 41 heavy (non-hydrogen) atoms. The zero-order chi connectivity index (χ0) is 29.7. The van der Waals surface area contributed by atoms with Gasteiger partial charge in [0.25, 0.3) is 5.91 Å². The van der Waals surface area contributed by atoms with Crippen LogP contribution in [0.3, 0.4) is 0 Å². The summed E-state index contributed by atoms with van der Waals surface area (Å²) in [5.74, 6) is 0.355. The Morgan fingerprint density at radius 2 is 1.83 bits per heavy atom. The molecule has 1 unspecified atom stereocenters. The van der Waals surface area contributed by atoms with E-state index in [0.29, 0.717) is 43.1 Å². The van der Waals surface area contributed by atoms with Crippen LogP contribution < -0.4 is 14.9 Å². The number of aliphatic hydroxyl groups excluding tert-OH is 1. The standard InChI is InChI=1S/C32H46N4O4S/c1-6-36-21-25-15-16-41(39,40)35(5)28-18-26(19-29(36)31(25)28)32(38)34-27(17-24-13-8-7-9-14-24)30(37)20-33-23(4)12-10-11-22(2)3/h7-9,13-14,18-19,21-23,27,30,33,37H,6,10-12,15-17,20H2,1-5H3,(H,34,38)/t23?,27-,30+/m0/s1. The van der Waals surface area contributed by atoms with Crippen LogP contribution >= 0.6 is 0 Å². The minimum absolute atomic E-state index is 0.0246. The summed E-state index contributed by atoms with van der Waals surface area (Å²) in [6.07, 6.45) is 5.42. The van der Waals surface area contributed by atoms with Crippen molar-refractivity contribution in [2.24, 2.45) is 5.92 Å². The first-order chi connectivity index (χ1) is 19.5. The summed E-state index contributed by atoms with van der Waals surface area (Å²) in [5.41, 5.74) is 3.72. The predicted octanol–water partition coefficient (Wildman–Crippen LogP) is 4.49. The molecule has 0 aliphatic carbocycles. The van der Waals surface area contributed by atoms with Gasteiger partial charge in [-0.25, -0.2) is 8.42 Å². The molecular formula is C32H46N4O4S. The average Bonchev–Trinajstić information content (AvgIpc) is 3.27. The summed E-state index contributed by atoms with van der Waals surface area (Å²) in [5, 5.41) is 18.7. The zero-order valence-electron chi connectivity index (χ0n) is 25.1. The number of aliphatic hydroxyl groups is 1. The second-order valence-corrected chi connectivity index (χ2v) is 14.0. The lowest BCUT2D eigenvalue weighted by molar-refractivity contribution is 0.0825. The number of carbonyl (C=O) groups is 1. The molecule has 1 aliphatic heterocycles. The van der Waals surface area contributed by atoms with E-state index in [0.717, 1.165) is 34.9 Å². The quantitative estimate of drug-likeness (QED) is 0.276. The molecule has 0 saturated carbocycles. The predicted molar refractivity (Wildman–Crippen MR) is 167 cm³/mol. The van der Waals surface area contributed by atoms with E-state index in [-0.39, 0.29) is 17.7 Å². The molecule has 2 aromatic carbocycles. The van der Waals surface area contributed by atoms with Crippen molar-refractivity contribution in [2.75, 3.05) is 23.7 Å². The molecule has 0 saturated heterocycles. The number of sulfonamides is 1. The van der Waals surface area contributed by atoms with Crippen LogP contribution in [0, 0.1) is 5.92 Å². The van der Waals surface area contributed by atoms with E-state index in [1.807, 2.05) is 49.5 Å². The second kappa shape index (κ2) is 13.4. The number of anilines is 1. The molecule has 1 aromatic heterocycles. The highest BCUT2D eigenvalue weighted by atomic mass is 32.2. The lowest BCUT2D eigenvalue weighted by Crippen LogP contribution is -2.49. The first-order valence-corrected chi connectivity index (χ1v) is 16.5. The lowest BCUT2D eigenvalue weighted by atomic mass is 9.99. The fourth-order valence-corrected chi connectivity index (χ4v) is 6.84. The van der Waals surface area contributed by atoms with Crippen molar-refractivity contribution in [3.63, 3.8) is 0 Å². The Morgan fingerprint density at radius 3 is 2.51 bits per heavy atom. The number of hydrogen-bond donors (Lipinski definition) is 3. The van der Waals surface area contributed by atoms with Gasteiger partial charge in [-0.3, -0.25) is 9.10 Å². The first kappa shape index (κ1) is 31.1. The van der Waals surface area contributed by atoms with Crippen molar-refractivity contribution in [2.45, 2.75) is 84.5 Å². The number of amides is 1. The fourth-order valence-electron chi connectivity index (χ4n) is 5.65. The number of aromatic nitrogens is 1. The first-order valence-electron chi connectivity index (χ1n) is 14.9. The highest BCUT2D eigenvalue weighted by Crippen LogP contribution is 2.37. The molecule has 4 rings (SSSR count). The summed E-state index contributed by atoms with van der Waals surface area (Å²) >= 11 is 0. The van der Waals surface area contributed by atoms with Gasteiger partial charge in [0.15, 0.2) is 0 Å². The maximum atomic E-state index is 13.8. The van der Waals surface area contributed by atoms with Gasteiger partial charge in [0.05, 0.1) is 29.1 Å². The van der Waals surface area contributed by atoms with Gasteiger partial charge in [-0.05, 0) is 62.3 Å². The average molecular weight is 583 g/mol. The number of rotatable bonds is 13. The summed E-state index contributed by atoms with van der Waals surface area (Å²) < 4.78 is 29.2. The minimum atomic E-state index is -3.50. The third-order valence-electron chi connectivity index (χ3n) is 8.20. The number of aryl methyl sites for hydroxylation is 2. The van der Waals surface area contributed by atoms with E-state index in [2.05, 4.69) is 36.0 Å². The Morgan fingerprint density at radius 1 is 1.10 bits per heavy atom. The molecule has 2 heterocycles. The van der Waals surface area contributed by atoms with Crippen molar-refractivity contribution in [3.05, 3.63) is 65.4 Å². The van der Waals surface area contributed by atoms with Gasteiger partial charge in [-0.1, -0.05) is 57.0 Å². The number of hydrogen-bond acceptors (Lipinski definition) is 5. The summed E-state index contributed by atoms with van der Waals surface area (Å²) in [7, 11) is -1.95. The molecule has 224 valence electrons. The number of nitrogens with one attached hydrogen (secondary N) is 2. The maximum Gasteiger partial charge on any atom is 0.251 e. The number of benzene rings is 2. The summed E-state index contributed by atoms with van der Waals surface area (Å²) in [4.78, 5) is 13.8. The van der Waals surface area contributed by atoms with Crippen LogP contribution in [0.4, 0.5) is 5.69 Å². The Kier molecular flexibility index (Phi) is 10.2. The highest BCUT2D eigenvalue weighted by Gasteiger charge is 2.30. The second-order valence-electron chi connectivity index (χ2n) is 11.8. The molecular weight excluding hydrogens is 536 g/mol. The Labute approximate surface area is 245 Å². The van der Waals surface area contributed by atoms with E-state index in [4.69, 9.17) is 0 Å². The molecule has 8 nitrogen and oxygen atoms in total. The summed E-state index contributed by atoms with van der Waals surface area (Å²) in [6.45, 7) is 9.67. The van der Waals surface area contributed by atoms with Crippen LogP contribution in [0.1, 0.15) is 68.4 Å². The van der Waals surface area contributed by atoms with E-state index < -0.39 is 22.2 Å².